The van der Waals surface area contributed by atoms with Gasteiger partial charge in [0.05, 0.1) is 5.56 Å². The van der Waals surface area contributed by atoms with Gasteiger partial charge in [-0.1, -0.05) is 60.4 Å². The predicted molar refractivity (Wildman–Crippen MR) is 99.6 cm³/mol. The van der Waals surface area contributed by atoms with Gasteiger partial charge in [0, 0.05) is 18.9 Å². The van der Waals surface area contributed by atoms with Crippen molar-refractivity contribution in [3.05, 3.63) is 80.2 Å². The Morgan fingerprint density at radius 2 is 1.48 bits per heavy atom. The third kappa shape index (κ3) is 3.20. The quantitative estimate of drug-likeness (QED) is 0.362. The number of hydrogen-bond donors (Lipinski definition) is 0. The monoisotopic (exact) mass is 400 g/mol. The van der Waals surface area contributed by atoms with Crippen molar-refractivity contribution in [3.63, 3.8) is 0 Å². The Bertz CT molecular complexity index is 805. The van der Waals surface area contributed by atoms with Gasteiger partial charge >= 0.3 is 0 Å². The SMILES string of the molecule is Cc1sc(-c2ccccc2)c(I)c1C#Cc1ccccc1. The highest BCUT2D eigenvalue weighted by Gasteiger charge is 2.13. The fourth-order valence-corrected chi connectivity index (χ4v) is 4.46. The molecule has 0 radical (unpaired) electrons. The molecule has 3 rings (SSSR count). The van der Waals surface area contributed by atoms with Crippen LogP contribution in [0.4, 0.5) is 0 Å². The third-order valence-electron chi connectivity index (χ3n) is 3.17. The molecular formula is C19H13IS. The van der Waals surface area contributed by atoms with Crippen LogP contribution in [0.3, 0.4) is 0 Å². The molecule has 0 N–H and O–H groups in total. The van der Waals surface area contributed by atoms with Crippen LogP contribution in [0, 0.1) is 22.3 Å². The summed E-state index contributed by atoms with van der Waals surface area (Å²) in [6, 6.07) is 20.6. The Hall–Kier alpha value is -1.57. The van der Waals surface area contributed by atoms with E-state index in [1.54, 1.807) is 0 Å². The molecule has 0 saturated carbocycles. The molecule has 0 fully saturated rings. The van der Waals surface area contributed by atoms with E-state index in [2.05, 4.69) is 65.6 Å². The molecule has 102 valence electrons. The van der Waals surface area contributed by atoms with Crippen LogP contribution in [0.1, 0.15) is 16.0 Å². The van der Waals surface area contributed by atoms with Crippen LogP contribution in [-0.4, -0.2) is 0 Å². The summed E-state index contributed by atoms with van der Waals surface area (Å²) in [5.74, 6) is 6.60. The molecule has 2 aromatic carbocycles. The Morgan fingerprint density at radius 1 is 0.857 bits per heavy atom. The van der Waals surface area contributed by atoms with Gasteiger partial charge in [0.1, 0.15) is 0 Å². The topological polar surface area (TPSA) is 0 Å². The number of aryl methyl sites for hydroxylation is 1. The van der Waals surface area contributed by atoms with Gasteiger partial charge in [-0.25, -0.2) is 0 Å². The highest BCUT2D eigenvalue weighted by atomic mass is 127. The van der Waals surface area contributed by atoms with Crippen molar-refractivity contribution in [2.24, 2.45) is 0 Å². The van der Waals surface area contributed by atoms with Gasteiger partial charge in [-0.2, -0.15) is 0 Å². The predicted octanol–water partition coefficient (Wildman–Crippen LogP) is 5.73. The first-order valence-corrected chi connectivity index (χ1v) is 8.56. The average molecular weight is 400 g/mol. The van der Waals surface area contributed by atoms with Crippen LogP contribution in [-0.2, 0) is 0 Å². The van der Waals surface area contributed by atoms with E-state index in [1.165, 1.54) is 18.9 Å². The van der Waals surface area contributed by atoms with E-state index in [1.807, 2.05) is 47.7 Å². The van der Waals surface area contributed by atoms with Crippen LogP contribution in [0.2, 0.25) is 0 Å². The summed E-state index contributed by atoms with van der Waals surface area (Å²) in [5.41, 5.74) is 3.48. The zero-order chi connectivity index (χ0) is 14.7. The minimum Gasteiger partial charge on any atom is -0.138 e. The number of hydrogen-bond acceptors (Lipinski definition) is 1. The molecule has 3 aromatic rings. The van der Waals surface area contributed by atoms with Crippen molar-refractivity contribution in [1.29, 1.82) is 0 Å². The van der Waals surface area contributed by atoms with Gasteiger partial charge in [-0.15, -0.1) is 11.3 Å². The maximum absolute atomic E-state index is 3.34. The van der Waals surface area contributed by atoms with Gasteiger partial charge in [-0.3, -0.25) is 0 Å². The number of rotatable bonds is 1. The van der Waals surface area contributed by atoms with Crippen molar-refractivity contribution in [1.82, 2.24) is 0 Å². The molecule has 0 aliphatic carbocycles. The van der Waals surface area contributed by atoms with Crippen LogP contribution in [0.5, 0.6) is 0 Å². The van der Waals surface area contributed by atoms with Gasteiger partial charge < -0.3 is 0 Å². The van der Waals surface area contributed by atoms with Crippen LogP contribution >= 0.6 is 33.9 Å². The van der Waals surface area contributed by atoms with Crippen LogP contribution in [0.25, 0.3) is 10.4 Å². The van der Waals surface area contributed by atoms with Crippen molar-refractivity contribution in [2.45, 2.75) is 6.92 Å². The highest BCUT2D eigenvalue weighted by molar-refractivity contribution is 14.1. The summed E-state index contributed by atoms with van der Waals surface area (Å²) in [6.07, 6.45) is 0. The first kappa shape index (κ1) is 14.4. The molecule has 0 aliphatic rings. The highest BCUT2D eigenvalue weighted by Crippen LogP contribution is 2.36. The van der Waals surface area contributed by atoms with E-state index in [9.17, 15) is 0 Å². The van der Waals surface area contributed by atoms with Gasteiger partial charge in [0.2, 0.25) is 0 Å². The fourth-order valence-electron chi connectivity index (χ4n) is 2.09. The van der Waals surface area contributed by atoms with E-state index in [4.69, 9.17) is 0 Å². The summed E-state index contributed by atoms with van der Waals surface area (Å²) < 4.78 is 1.25. The van der Waals surface area contributed by atoms with Gasteiger partial charge in [0.15, 0.2) is 0 Å². The van der Waals surface area contributed by atoms with E-state index >= 15 is 0 Å². The standard InChI is InChI=1S/C19H13IS/c1-14-17(13-12-15-8-4-2-5-9-15)18(20)19(21-14)16-10-6-3-7-11-16/h2-11H,1H3. The lowest BCUT2D eigenvalue weighted by Crippen LogP contribution is -1.80. The Labute approximate surface area is 143 Å². The lowest BCUT2D eigenvalue weighted by molar-refractivity contribution is 1.55. The molecule has 2 heteroatoms. The number of halogens is 1. The summed E-state index contributed by atoms with van der Waals surface area (Å²) in [5, 5.41) is 0. The molecule has 0 atom stereocenters. The van der Waals surface area contributed by atoms with Gasteiger partial charge in [0.25, 0.3) is 0 Å². The van der Waals surface area contributed by atoms with Crippen molar-refractivity contribution < 1.29 is 0 Å². The number of benzene rings is 2. The lowest BCUT2D eigenvalue weighted by Gasteiger charge is -1.97. The fraction of sp³-hybridized carbons (Fsp3) is 0.0526. The molecule has 21 heavy (non-hydrogen) atoms. The molecule has 0 unspecified atom stereocenters. The van der Waals surface area contributed by atoms with Crippen molar-refractivity contribution in [3.8, 4) is 22.3 Å². The molecule has 0 spiro atoms. The lowest BCUT2D eigenvalue weighted by atomic mass is 10.1. The zero-order valence-corrected chi connectivity index (χ0v) is 14.5. The first-order chi connectivity index (χ1) is 10.3. The molecule has 0 amide bonds. The molecule has 0 saturated heterocycles. The summed E-state index contributed by atoms with van der Waals surface area (Å²) in [7, 11) is 0. The first-order valence-electron chi connectivity index (χ1n) is 6.67. The van der Waals surface area contributed by atoms with E-state index in [0.29, 0.717) is 0 Å². The summed E-state index contributed by atoms with van der Waals surface area (Å²) in [4.78, 5) is 2.59. The van der Waals surface area contributed by atoms with Crippen molar-refractivity contribution in [2.75, 3.05) is 0 Å². The minimum absolute atomic E-state index is 1.06. The van der Waals surface area contributed by atoms with E-state index < -0.39 is 0 Å². The molecular weight excluding hydrogens is 387 g/mol. The Kier molecular flexibility index (Phi) is 4.42. The molecule has 0 nitrogen and oxygen atoms in total. The average Bonchev–Trinajstić information content (AvgIpc) is 2.82. The summed E-state index contributed by atoms with van der Waals surface area (Å²) >= 11 is 4.24. The normalized spacial score (nSPS) is 10.0. The van der Waals surface area contributed by atoms with Crippen LogP contribution in [0.15, 0.2) is 60.7 Å². The maximum Gasteiger partial charge on any atom is 0.0525 e. The molecule has 0 bridgehead atoms. The molecule has 0 aliphatic heterocycles. The Morgan fingerprint density at radius 3 is 2.14 bits per heavy atom. The smallest absolute Gasteiger partial charge is 0.0525 e. The second-order valence-electron chi connectivity index (χ2n) is 4.66. The second kappa shape index (κ2) is 6.46. The third-order valence-corrected chi connectivity index (χ3v) is 5.77. The van der Waals surface area contributed by atoms with Crippen LogP contribution < -0.4 is 0 Å². The maximum atomic E-state index is 3.34. The van der Waals surface area contributed by atoms with E-state index in [0.717, 1.165) is 11.1 Å². The Balaban J connectivity index is 2.02. The molecule has 1 heterocycles. The van der Waals surface area contributed by atoms with Gasteiger partial charge in [-0.05, 0) is 47.2 Å². The second-order valence-corrected chi connectivity index (χ2v) is 6.96. The zero-order valence-electron chi connectivity index (χ0n) is 11.6. The largest absolute Gasteiger partial charge is 0.138 e. The molecule has 1 aromatic heterocycles. The summed E-state index contributed by atoms with van der Waals surface area (Å²) in [6.45, 7) is 2.15. The number of thiophene rings is 1. The van der Waals surface area contributed by atoms with Crippen molar-refractivity contribution >= 4 is 33.9 Å². The minimum atomic E-state index is 1.06. The van der Waals surface area contributed by atoms with E-state index in [-0.39, 0.29) is 0 Å².